The quantitative estimate of drug-likeness (QED) is 0.631. The molecule has 0 aromatic heterocycles. The predicted octanol–water partition coefficient (Wildman–Crippen LogP) is 0.627. The van der Waals surface area contributed by atoms with E-state index in [1.807, 2.05) is 0 Å². The largest absolute Gasteiger partial charge is 0.481 e. The van der Waals surface area contributed by atoms with Crippen LogP contribution in [0, 0.1) is 5.92 Å². The molecule has 5 heteroatoms. The van der Waals surface area contributed by atoms with Gasteiger partial charge in [-0.3, -0.25) is 9.59 Å². The van der Waals surface area contributed by atoms with E-state index in [0.29, 0.717) is 19.3 Å². The minimum Gasteiger partial charge on any atom is -0.481 e. The van der Waals surface area contributed by atoms with Gasteiger partial charge in [0.05, 0.1) is 11.5 Å². The second kappa shape index (κ2) is 4.64. The zero-order valence-corrected chi connectivity index (χ0v) is 9.95. The topological polar surface area (TPSA) is 92.4 Å². The van der Waals surface area contributed by atoms with Gasteiger partial charge in [0.15, 0.2) is 0 Å². The monoisotopic (exact) mass is 240 g/mol. The highest BCUT2D eigenvalue weighted by atomic mass is 16.4. The van der Waals surface area contributed by atoms with Gasteiger partial charge in [-0.05, 0) is 25.7 Å². The van der Waals surface area contributed by atoms with Gasteiger partial charge < -0.3 is 16.2 Å². The Balaban J connectivity index is 1.99. The van der Waals surface area contributed by atoms with Gasteiger partial charge in [0.25, 0.3) is 0 Å². The van der Waals surface area contributed by atoms with Gasteiger partial charge >= 0.3 is 5.97 Å². The van der Waals surface area contributed by atoms with E-state index >= 15 is 0 Å². The first-order valence-corrected chi connectivity index (χ1v) is 6.35. The Hall–Kier alpha value is -1.10. The minimum atomic E-state index is -0.806. The van der Waals surface area contributed by atoms with Crippen LogP contribution in [0.1, 0.15) is 44.9 Å². The molecular formula is C12H20N2O3. The van der Waals surface area contributed by atoms with Crippen LogP contribution in [0.25, 0.3) is 0 Å². The van der Waals surface area contributed by atoms with Gasteiger partial charge in [-0.2, -0.15) is 0 Å². The lowest BCUT2D eigenvalue weighted by molar-refractivity contribution is -0.143. The van der Waals surface area contributed by atoms with Crippen molar-refractivity contribution in [1.29, 1.82) is 0 Å². The molecule has 0 radical (unpaired) electrons. The van der Waals surface area contributed by atoms with Gasteiger partial charge in [-0.25, -0.2) is 0 Å². The highest BCUT2D eigenvalue weighted by molar-refractivity contribution is 5.89. The van der Waals surface area contributed by atoms with Crippen LogP contribution < -0.4 is 11.1 Å². The standard InChI is InChI=1S/C12H20N2O3/c13-12(6-7-12)11(17)14-9-5-3-1-2-4-8(9)10(15)16/h8-9H,1-7,13H2,(H,14,17)(H,15,16). The first kappa shape index (κ1) is 12.4. The normalized spacial score (nSPS) is 31.4. The maximum absolute atomic E-state index is 11.8. The lowest BCUT2D eigenvalue weighted by Crippen LogP contribution is -2.50. The Bertz CT molecular complexity index is 326. The summed E-state index contributed by atoms with van der Waals surface area (Å²) >= 11 is 0. The van der Waals surface area contributed by atoms with Gasteiger partial charge in [-0.1, -0.05) is 19.3 Å². The Labute approximate surface area is 101 Å². The first-order valence-electron chi connectivity index (χ1n) is 6.35. The SMILES string of the molecule is NC1(C(=O)NC2CCCCCC2C(=O)O)CC1. The molecule has 0 aromatic rings. The molecule has 2 rings (SSSR count). The molecule has 96 valence electrons. The van der Waals surface area contributed by atoms with Crippen molar-refractivity contribution < 1.29 is 14.7 Å². The van der Waals surface area contributed by atoms with Crippen molar-refractivity contribution in [3.63, 3.8) is 0 Å². The summed E-state index contributed by atoms with van der Waals surface area (Å²) in [6.07, 6.45) is 5.77. The Morgan fingerprint density at radius 3 is 2.41 bits per heavy atom. The summed E-state index contributed by atoms with van der Waals surface area (Å²) in [6, 6.07) is -0.247. The molecule has 17 heavy (non-hydrogen) atoms. The summed E-state index contributed by atoms with van der Waals surface area (Å²) in [5.74, 6) is -1.43. The fraction of sp³-hybridized carbons (Fsp3) is 0.833. The molecule has 0 bridgehead atoms. The molecule has 0 heterocycles. The van der Waals surface area contributed by atoms with Gasteiger partial charge in [0.1, 0.15) is 0 Å². The van der Waals surface area contributed by atoms with E-state index < -0.39 is 17.4 Å². The van der Waals surface area contributed by atoms with Crippen LogP contribution in [-0.4, -0.2) is 28.6 Å². The number of hydrogen-bond donors (Lipinski definition) is 3. The van der Waals surface area contributed by atoms with Crippen LogP contribution in [0.4, 0.5) is 0 Å². The van der Waals surface area contributed by atoms with E-state index in [1.54, 1.807) is 0 Å². The lowest BCUT2D eigenvalue weighted by Gasteiger charge is -2.24. The van der Waals surface area contributed by atoms with Crippen molar-refractivity contribution in [2.45, 2.75) is 56.5 Å². The zero-order chi connectivity index (χ0) is 12.5. The Morgan fingerprint density at radius 1 is 1.18 bits per heavy atom. The maximum atomic E-state index is 11.8. The third-order valence-electron chi connectivity index (χ3n) is 3.89. The molecule has 5 nitrogen and oxygen atoms in total. The second-order valence-electron chi connectivity index (χ2n) is 5.32. The molecule has 2 aliphatic carbocycles. The van der Waals surface area contributed by atoms with Crippen LogP contribution in [0.15, 0.2) is 0 Å². The third kappa shape index (κ3) is 2.77. The van der Waals surface area contributed by atoms with Crippen molar-refractivity contribution in [2.75, 3.05) is 0 Å². The summed E-state index contributed by atoms with van der Waals surface area (Å²) in [5.41, 5.74) is 5.10. The first-order chi connectivity index (χ1) is 8.03. The average Bonchev–Trinajstić information content (AvgIpc) is 3.03. The molecule has 1 amide bonds. The van der Waals surface area contributed by atoms with Gasteiger partial charge in [-0.15, -0.1) is 0 Å². The Morgan fingerprint density at radius 2 is 1.82 bits per heavy atom. The van der Waals surface area contributed by atoms with Gasteiger partial charge in [0.2, 0.25) is 5.91 Å². The number of aliphatic carboxylic acids is 1. The summed E-state index contributed by atoms with van der Waals surface area (Å²) in [5, 5.41) is 12.0. The predicted molar refractivity (Wildman–Crippen MR) is 62.3 cm³/mol. The average molecular weight is 240 g/mol. The molecule has 0 saturated heterocycles. The van der Waals surface area contributed by atoms with E-state index in [2.05, 4.69) is 5.32 Å². The van der Waals surface area contributed by atoms with Crippen molar-refractivity contribution >= 4 is 11.9 Å². The lowest BCUT2D eigenvalue weighted by atomic mass is 9.94. The fourth-order valence-corrected chi connectivity index (χ4v) is 2.45. The zero-order valence-electron chi connectivity index (χ0n) is 9.95. The van der Waals surface area contributed by atoms with Crippen LogP contribution in [0.3, 0.4) is 0 Å². The fourth-order valence-electron chi connectivity index (χ4n) is 2.45. The van der Waals surface area contributed by atoms with Crippen molar-refractivity contribution in [3.05, 3.63) is 0 Å². The number of amides is 1. The van der Waals surface area contributed by atoms with E-state index in [1.165, 1.54) is 0 Å². The summed E-state index contributed by atoms with van der Waals surface area (Å²) in [6.45, 7) is 0. The molecule has 4 N–H and O–H groups in total. The summed E-state index contributed by atoms with van der Waals surface area (Å²) < 4.78 is 0. The number of rotatable bonds is 3. The Kier molecular flexibility index (Phi) is 3.38. The minimum absolute atomic E-state index is 0.171. The van der Waals surface area contributed by atoms with Crippen LogP contribution in [-0.2, 0) is 9.59 Å². The molecule has 2 atom stereocenters. The molecule has 2 aliphatic rings. The number of carbonyl (C=O) groups excluding carboxylic acids is 1. The van der Waals surface area contributed by atoms with E-state index in [9.17, 15) is 14.7 Å². The highest BCUT2D eigenvalue weighted by Gasteiger charge is 2.47. The molecule has 2 fully saturated rings. The maximum Gasteiger partial charge on any atom is 0.308 e. The van der Waals surface area contributed by atoms with E-state index in [0.717, 1.165) is 25.7 Å². The molecular weight excluding hydrogens is 220 g/mol. The molecule has 0 aromatic carbocycles. The number of nitrogens with two attached hydrogens (primary N) is 1. The van der Waals surface area contributed by atoms with E-state index in [-0.39, 0.29) is 11.9 Å². The number of carboxylic acids is 1. The molecule has 2 saturated carbocycles. The molecule has 0 spiro atoms. The number of nitrogens with one attached hydrogen (secondary N) is 1. The second-order valence-corrected chi connectivity index (χ2v) is 5.32. The third-order valence-corrected chi connectivity index (χ3v) is 3.89. The smallest absolute Gasteiger partial charge is 0.308 e. The van der Waals surface area contributed by atoms with Crippen LogP contribution in [0.2, 0.25) is 0 Å². The van der Waals surface area contributed by atoms with Crippen LogP contribution >= 0.6 is 0 Å². The van der Waals surface area contributed by atoms with Crippen molar-refractivity contribution in [3.8, 4) is 0 Å². The summed E-state index contributed by atoms with van der Waals surface area (Å²) in [4.78, 5) is 23.0. The number of carbonyl (C=O) groups is 2. The molecule has 2 unspecified atom stereocenters. The molecule has 0 aliphatic heterocycles. The van der Waals surface area contributed by atoms with E-state index in [4.69, 9.17) is 5.73 Å². The van der Waals surface area contributed by atoms with Crippen molar-refractivity contribution in [1.82, 2.24) is 5.32 Å². The summed E-state index contributed by atoms with van der Waals surface area (Å²) in [7, 11) is 0. The number of carboxylic acid groups (broad SMARTS) is 1. The van der Waals surface area contributed by atoms with Crippen LogP contribution in [0.5, 0.6) is 0 Å². The highest BCUT2D eigenvalue weighted by Crippen LogP contribution is 2.33. The van der Waals surface area contributed by atoms with Crippen molar-refractivity contribution in [2.24, 2.45) is 11.7 Å². The number of hydrogen-bond acceptors (Lipinski definition) is 3. The van der Waals surface area contributed by atoms with Gasteiger partial charge in [0, 0.05) is 6.04 Å².